The molecule has 1 aliphatic carbocycles. The molecule has 2 aromatic rings. The van der Waals surface area contributed by atoms with E-state index in [1.165, 1.54) is 12.8 Å². The number of aryl methyl sites for hydroxylation is 1. The summed E-state index contributed by atoms with van der Waals surface area (Å²) >= 11 is 0. The van der Waals surface area contributed by atoms with Gasteiger partial charge in [-0.15, -0.1) is 0 Å². The Bertz CT molecular complexity index is 661. The van der Waals surface area contributed by atoms with Crippen molar-refractivity contribution in [1.29, 1.82) is 0 Å². The molecule has 0 N–H and O–H groups in total. The zero-order chi connectivity index (χ0) is 14.9. The van der Waals surface area contributed by atoms with Crippen molar-refractivity contribution in [1.82, 2.24) is 19.9 Å². The topological polar surface area (TPSA) is 58.0 Å². The average molecular weight is 296 g/mol. The molecule has 2 aliphatic rings. The Morgan fingerprint density at radius 3 is 2.36 bits per heavy atom. The van der Waals surface area contributed by atoms with Gasteiger partial charge in [0.05, 0.1) is 5.69 Å². The molecule has 4 rings (SSSR count). The van der Waals surface area contributed by atoms with Crippen LogP contribution in [0.4, 0.5) is 11.6 Å². The maximum absolute atomic E-state index is 4.74. The van der Waals surface area contributed by atoms with Gasteiger partial charge < -0.3 is 9.80 Å². The smallest absolute Gasteiger partial charge is 0.150 e. The van der Waals surface area contributed by atoms with E-state index in [0.717, 1.165) is 49.3 Å². The van der Waals surface area contributed by atoms with Gasteiger partial charge in [-0.05, 0) is 25.8 Å². The number of hydrogen-bond donors (Lipinski definition) is 0. The predicted octanol–water partition coefficient (Wildman–Crippen LogP) is 1.78. The lowest BCUT2D eigenvalue weighted by atomic mass is 10.3. The van der Waals surface area contributed by atoms with E-state index < -0.39 is 0 Å². The van der Waals surface area contributed by atoms with Crippen LogP contribution in [0.3, 0.4) is 0 Å². The second-order valence-corrected chi connectivity index (χ2v) is 5.99. The fourth-order valence-electron chi connectivity index (χ4n) is 2.94. The molecule has 6 heteroatoms. The first kappa shape index (κ1) is 13.4. The molecule has 6 nitrogen and oxygen atoms in total. The lowest BCUT2D eigenvalue weighted by molar-refractivity contribution is 0.636. The second kappa shape index (κ2) is 5.51. The monoisotopic (exact) mass is 296 g/mol. The fraction of sp³-hybridized carbons (Fsp3) is 0.500. The molecule has 0 radical (unpaired) electrons. The van der Waals surface area contributed by atoms with Crippen molar-refractivity contribution < 1.29 is 0 Å². The van der Waals surface area contributed by atoms with Gasteiger partial charge in [-0.2, -0.15) is 0 Å². The molecule has 22 heavy (non-hydrogen) atoms. The van der Waals surface area contributed by atoms with Crippen LogP contribution in [0, 0.1) is 6.92 Å². The molecule has 114 valence electrons. The van der Waals surface area contributed by atoms with E-state index in [0.29, 0.717) is 5.92 Å². The van der Waals surface area contributed by atoms with E-state index >= 15 is 0 Å². The molecule has 0 atom stereocenters. The molecule has 1 aliphatic heterocycles. The van der Waals surface area contributed by atoms with Crippen molar-refractivity contribution in [2.45, 2.75) is 25.7 Å². The van der Waals surface area contributed by atoms with Crippen LogP contribution in [0.5, 0.6) is 0 Å². The summed E-state index contributed by atoms with van der Waals surface area (Å²) in [7, 11) is 0. The van der Waals surface area contributed by atoms with Gasteiger partial charge in [-0.1, -0.05) is 0 Å². The number of nitrogens with zero attached hydrogens (tertiary/aromatic N) is 6. The summed E-state index contributed by atoms with van der Waals surface area (Å²) in [4.78, 5) is 22.6. The summed E-state index contributed by atoms with van der Waals surface area (Å²) in [5.41, 5.74) is 0.994. The first-order valence-corrected chi connectivity index (χ1v) is 7.92. The van der Waals surface area contributed by atoms with Crippen molar-refractivity contribution in [2.24, 2.45) is 0 Å². The Kier molecular flexibility index (Phi) is 3.36. The standard InChI is InChI=1S/C16H20N6/c1-12-16(19-7-6-17-12)22-10-8-21(9-11-22)14-4-5-18-15(20-14)13-2-3-13/h4-7,13H,2-3,8-11H2,1H3. The largest absolute Gasteiger partial charge is 0.353 e. The van der Waals surface area contributed by atoms with Gasteiger partial charge in [-0.3, -0.25) is 4.98 Å². The van der Waals surface area contributed by atoms with E-state index in [-0.39, 0.29) is 0 Å². The van der Waals surface area contributed by atoms with Crippen molar-refractivity contribution in [2.75, 3.05) is 36.0 Å². The molecule has 1 saturated heterocycles. The van der Waals surface area contributed by atoms with Crippen molar-refractivity contribution in [3.05, 3.63) is 36.2 Å². The van der Waals surface area contributed by atoms with Gasteiger partial charge in [0.25, 0.3) is 0 Å². The molecular formula is C16H20N6. The molecule has 3 heterocycles. The van der Waals surface area contributed by atoms with Gasteiger partial charge in [0, 0.05) is 50.7 Å². The Balaban J connectivity index is 1.45. The third kappa shape index (κ3) is 2.61. The fourth-order valence-corrected chi connectivity index (χ4v) is 2.94. The van der Waals surface area contributed by atoms with Gasteiger partial charge in [-0.25, -0.2) is 15.0 Å². The predicted molar refractivity (Wildman–Crippen MR) is 85.2 cm³/mol. The molecule has 0 bridgehead atoms. The number of piperazine rings is 1. The minimum Gasteiger partial charge on any atom is -0.353 e. The van der Waals surface area contributed by atoms with Gasteiger partial charge in [0.15, 0.2) is 0 Å². The number of hydrogen-bond acceptors (Lipinski definition) is 6. The molecular weight excluding hydrogens is 276 g/mol. The SMILES string of the molecule is Cc1nccnc1N1CCN(c2ccnc(C3CC3)n2)CC1. The molecule has 0 spiro atoms. The van der Waals surface area contributed by atoms with E-state index in [1.54, 1.807) is 12.4 Å². The highest BCUT2D eigenvalue weighted by atomic mass is 15.3. The Labute approximate surface area is 130 Å². The number of aromatic nitrogens is 4. The molecule has 2 aromatic heterocycles. The van der Waals surface area contributed by atoms with Crippen LogP contribution >= 0.6 is 0 Å². The maximum Gasteiger partial charge on any atom is 0.150 e. The highest BCUT2D eigenvalue weighted by molar-refractivity contribution is 5.46. The highest BCUT2D eigenvalue weighted by Crippen LogP contribution is 2.38. The zero-order valence-corrected chi connectivity index (χ0v) is 12.8. The second-order valence-electron chi connectivity index (χ2n) is 5.99. The van der Waals surface area contributed by atoms with E-state index in [1.807, 2.05) is 19.2 Å². The van der Waals surface area contributed by atoms with Crippen LogP contribution in [0.2, 0.25) is 0 Å². The lowest BCUT2D eigenvalue weighted by Gasteiger charge is -2.36. The van der Waals surface area contributed by atoms with E-state index in [2.05, 4.69) is 24.8 Å². The summed E-state index contributed by atoms with van der Waals surface area (Å²) in [6, 6.07) is 2.02. The van der Waals surface area contributed by atoms with Crippen LogP contribution < -0.4 is 9.80 Å². The maximum atomic E-state index is 4.74. The molecule has 0 amide bonds. The zero-order valence-electron chi connectivity index (χ0n) is 12.8. The third-order valence-electron chi connectivity index (χ3n) is 4.36. The first-order valence-electron chi connectivity index (χ1n) is 7.92. The minimum atomic E-state index is 0.600. The highest BCUT2D eigenvalue weighted by Gasteiger charge is 2.27. The van der Waals surface area contributed by atoms with Gasteiger partial charge >= 0.3 is 0 Å². The van der Waals surface area contributed by atoms with Crippen molar-refractivity contribution in [3.8, 4) is 0 Å². The average Bonchev–Trinajstić information content (AvgIpc) is 3.41. The molecule has 0 aromatic carbocycles. The summed E-state index contributed by atoms with van der Waals surface area (Å²) in [5.74, 6) is 3.68. The van der Waals surface area contributed by atoms with Crippen LogP contribution in [0.25, 0.3) is 0 Å². The Morgan fingerprint density at radius 1 is 0.909 bits per heavy atom. The molecule has 2 fully saturated rings. The number of rotatable bonds is 3. The summed E-state index contributed by atoms with van der Waals surface area (Å²) in [5, 5.41) is 0. The Morgan fingerprint density at radius 2 is 1.64 bits per heavy atom. The van der Waals surface area contributed by atoms with Crippen molar-refractivity contribution in [3.63, 3.8) is 0 Å². The molecule has 0 unspecified atom stereocenters. The third-order valence-corrected chi connectivity index (χ3v) is 4.36. The van der Waals surface area contributed by atoms with Gasteiger partial charge in [0.1, 0.15) is 17.5 Å². The number of anilines is 2. The summed E-state index contributed by atoms with van der Waals surface area (Å²) in [6.07, 6.45) is 7.89. The van der Waals surface area contributed by atoms with Crippen LogP contribution in [0.1, 0.15) is 30.3 Å². The quantitative estimate of drug-likeness (QED) is 0.860. The van der Waals surface area contributed by atoms with Crippen molar-refractivity contribution >= 4 is 11.6 Å². The normalized spacial score (nSPS) is 18.6. The Hall–Kier alpha value is -2.24. The first-order chi connectivity index (χ1) is 10.8. The van der Waals surface area contributed by atoms with Gasteiger partial charge in [0.2, 0.25) is 0 Å². The lowest BCUT2D eigenvalue weighted by Crippen LogP contribution is -2.47. The van der Waals surface area contributed by atoms with E-state index in [4.69, 9.17) is 4.98 Å². The summed E-state index contributed by atoms with van der Waals surface area (Å²) < 4.78 is 0. The van der Waals surface area contributed by atoms with Crippen LogP contribution in [0.15, 0.2) is 24.7 Å². The van der Waals surface area contributed by atoms with E-state index in [9.17, 15) is 0 Å². The molecule has 1 saturated carbocycles. The summed E-state index contributed by atoms with van der Waals surface area (Å²) in [6.45, 7) is 5.82. The van der Waals surface area contributed by atoms with Crippen LogP contribution in [-0.2, 0) is 0 Å². The van der Waals surface area contributed by atoms with Crippen LogP contribution in [-0.4, -0.2) is 46.1 Å². The minimum absolute atomic E-state index is 0.600.